The van der Waals surface area contributed by atoms with Crippen LogP contribution in [0.5, 0.6) is 0 Å². The van der Waals surface area contributed by atoms with Gasteiger partial charge in [0.25, 0.3) is 0 Å². The molecule has 0 radical (unpaired) electrons. The summed E-state index contributed by atoms with van der Waals surface area (Å²) in [7, 11) is 0. The molecule has 41 heavy (non-hydrogen) atoms. The van der Waals surface area contributed by atoms with E-state index >= 15 is 0 Å². The largest absolute Gasteiger partial charge is 0.459 e. The number of nitrogens with zero attached hydrogens (tertiary/aromatic N) is 1. The molecule has 10 heteroatoms. The summed E-state index contributed by atoms with van der Waals surface area (Å²) in [5.41, 5.74) is 13.5. The van der Waals surface area contributed by atoms with Gasteiger partial charge < -0.3 is 31.8 Å². The highest BCUT2D eigenvalue weighted by atomic mass is 16.5. The topological polar surface area (TPSA) is 165 Å². The maximum Gasteiger partial charge on any atom is 0.329 e. The summed E-state index contributed by atoms with van der Waals surface area (Å²) in [6, 6.07) is 15.3. The molecule has 0 aliphatic heterocycles. The van der Waals surface area contributed by atoms with Gasteiger partial charge in [-0.05, 0) is 42.9 Å². The van der Waals surface area contributed by atoms with Gasteiger partial charge in [0.05, 0.1) is 0 Å². The smallest absolute Gasteiger partial charge is 0.329 e. The van der Waals surface area contributed by atoms with Gasteiger partial charge in [0.2, 0.25) is 11.8 Å². The molecule has 0 bridgehead atoms. The lowest BCUT2D eigenvalue weighted by molar-refractivity contribution is -0.149. The highest BCUT2D eigenvalue weighted by molar-refractivity contribution is 5.92. The number of hydrogen-bond donors (Lipinski definition) is 5. The Balaban J connectivity index is 1.50. The van der Waals surface area contributed by atoms with Gasteiger partial charge in [-0.15, -0.1) is 0 Å². The molecular formula is C31H40N6O4. The van der Waals surface area contributed by atoms with E-state index in [2.05, 4.69) is 20.6 Å². The molecule has 0 spiro atoms. The number of hydrogen-bond acceptors (Lipinski definition) is 5. The van der Waals surface area contributed by atoms with E-state index in [1.54, 1.807) is 0 Å². The first-order chi connectivity index (χ1) is 19.9. The molecule has 7 N–H and O–H groups in total. The minimum Gasteiger partial charge on any atom is -0.459 e. The molecule has 218 valence electrons. The van der Waals surface area contributed by atoms with Crippen LogP contribution in [0.2, 0.25) is 0 Å². The van der Waals surface area contributed by atoms with E-state index in [-0.39, 0.29) is 30.8 Å². The average Bonchev–Trinajstić information content (AvgIpc) is 3.40. The van der Waals surface area contributed by atoms with Crippen molar-refractivity contribution in [2.24, 2.45) is 22.4 Å². The number of guanidine groups is 1. The molecule has 2 aromatic carbocycles. The third kappa shape index (κ3) is 8.83. The fourth-order valence-corrected chi connectivity index (χ4v) is 5.24. The molecule has 1 fully saturated rings. The van der Waals surface area contributed by atoms with Gasteiger partial charge in [0, 0.05) is 36.0 Å². The second-order valence-electron chi connectivity index (χ2n) is 10.6. The molecule has 1 aromatic heterocycles. The van der Waals surface area contributed by atoms with Gasteiger partial charge in [0.1, 0.15) is 18.7 Å². The van der Waals surface area contributed by atoms with Crippen molar-refractivity contribution in [3.05, 3.63) is 71.9 Å². The van der Waals surface area contributed by atoms with E-state index in [0.717, 1.165) is 54.1 Å². The van der Waals surface area contributed by atoms with Crippen LogP contribution in [0.4, 0.5) is 0 Å². The lowest BCUT2D eigenvalue weighted by Gasteiger charge is -2.26. The molecule has 2 amide bonds. The number of para-hydroxylation sites is 1. The molecule has 2 atom stereocenters. The number of H-pyrrole nitrogens is 1. The second-order valence-corrected chi connectivity index (χ2v) is 10.6. The number of carbonyl (C=O) groups excluding carboxylic acids is 3. The highest BCUT2D eigenvalue weighted by Crippen LogP contribution is 2.24. The Kier molecular flexibility index (Phi) is 10.8. The highest BCUT2D eigenvalue weighted by Gasteiger charge is 2.30. The number of amides is 2. The molecule has 4 rings (SSSR count). The zero-order chi connectivity index (χ0) is 29.0. The molecule has 0 unspecified atom stereocenters. The first-order valence-corrected chi connectivity index (χ1v) is 14.3. The third-order valence-electron chi connectivity index (χ3n) is 7.48. The average molecular weight is 561 g/mol. The molecule has 1 aliphatic rings. The Hall–Kier alpha value is -4.34. The van der Waals surface area contributed by atoms with Gasteiger partial charge in [-0.3, -0.25) is 14.6 Å². The van der Waals surface area contributed by atoms with Crippen LogP contribution in [0.25, 0.3) is 10.9 Å². The second kappa shape index (κ2) is 14.9. The lowest BCUT2D eigenvalue weighted by atomic mass is 9.88. The molecule has 3 aromatic rings. The molecule has 1 saturated carbocycles. The normalized spacial score (nSPS) is 15.0. The zero-order valence-electron chi connectivity index (χ0n) is 23.3. The first kappa shape index (κ1) is 29.6. The predicted octanol–water partition coefficient (Wildman–Crippen LogP) is 3.06. The van der Waals surface area contributed by atoms with E-state index in [9.17, 15) is 14.4 Å². The van der Waals surface area contributed by atoms with Crippen molar-refractivity contribution in [1.29, 1.82) is 0 Å². The van der Waals surface area contributed by atoms with Crippen LogP contribution in [0.1, 0.15) is 56.1 Å². The number of nitrogens with two attached hydrogens (primary N) is 2. The van der Waals surface area contributed by atoms with Crippen LogP contribution >= 0.6 is 0 Å². The van der Waals surface area contributed by atoms with E-state index in [4.69, 9.17) is 16.2 Å². The maximum absolute atomic E-state index is 13.6. The van der Waals surface area contributed by atoms with E-state index in [1.165, 1.54) is 0 Å². The molecule has 1 heterocycles. The summed E-state index contributed by atoms with van der Waals surface area (Å²) in [6.45, 7) is 0.406. The minimum absolute atomic E-state index is 0.0304. The summed E-state index contributed by atoms with van der Waals surface area (Å²) in [4.78, 5) is 47.3. The predicted molar refractivity (Wildman–Crippen MR) is 159 cm³/mol. The summed E-state index contributed by atoms with van der Waals surface area (Å²) < 4.78 is 5.64. The maximum atomic E-state index is 13.6. The standard InChI is InChI=1S/C31H40N6O4/c32-31(33)34-17-9-16-26(36-28(38)22-12-5-2-6-13-22)29(39)37-27(30(40)41-20-21-10-3-1-4-11-21)18-23-19-35-25-15-8-7-14-24(23)25/h1,3-4,7-8,10-11,14-15,19,22,26-27,35H,2,5-6,9,12-13,16-18,20H2,(H,36,38)(H,37,39)(H4,32,33,34)/t26-,27-/m0/s1. The van der Waals surface area contributed by atoms with Crippen molar-refractivity contribution in [2.45, 2.75) is 70.1 Å². The van der Waals surface area contributed by atoms with Gasteiger partial charge in [0.15, 0.2) is 5.96 Å². The number of carbonyl (C=O) groups is 3. The van der Waals surface area contributed by atoms with Crippen LogP contribution in [0.3, 0.4) is 0 Å². The van der Waals surface area contributed by atoms with Crippen LogP contribution in [0, 0.1) is 5.92 Å². The Morgan fingerprint density at radius 2 is 1.68 bits per heavy atom. The van der Waals surface area contributed by atoms with E-state index in [0.29, 0.717) is 19.4 Å². The Bertz CT molecular complexity index is 1330. The number of nitrogens with one attached hydrogen (secondary N) is 3. The number of fused-ring (bicyclic) bond motifs is 1. The van der Waals surface area contributed by atoms with Crippen molar-refractivity contribution >= 4 is 34.6 Å². The fourth-order valence-electron chi connectivity index (χ4n) is 5.24. The van der Waals surface area contributed by atoms with Crippen LogP contribution < -0.4 is 22.1 Å². The van der Waals surface area contributed by atoms with Gasteiger partial charge >= 0.3 is 5.97 Å². The van der Waals surface area contributed by atoms with Gasteiger partial charge in [-0.2, -0.15) is 0 Å². The van der Waals surface area contributed by atoms with Crippen LogP contribution in [0.15, 0.2) is 65.8 Å². The number of aromatic amines is 1. The number of aliphatic imine (C=N–C) groups is 1. The molecular weight excluding hydrogens is 520 g/mol. The third-order valence-corrected chi connectivity index (χ3v) is 7.48. The van der Waals surface area contributed by atoms with Gasteiger partial charge in [-0.25, -0.2) is 4.79 Å². The van der Waals surface area contributed by atoms with E-state index < -0.39 is 24.0 Å². The number of benzene rings is 2. The zero-order valence-corrected chi connectivity index (χ0v) is 23.3. The SMILES string of the molecule is NC(N)=NCCC[C@H](NC(=O)C1CCCCC1)C(=O)N[C@@H](Cc1c[nH]c2ccccc12)C(=O)OCc1ccccc1. The Labute approximate surface area is 240 Å². The monoisotopic (exact) mass is 560 g/mol. The summed E-state index contributed by atoms with van der Waals surface area (Å²) in [6.07, 6.45) is 7.59. The van der Waals surface area contributed by atoms with Crippen molar-refractivity contribution in [3.8, 4) is 0 Å². The molecule has 10 nitrogen and oxygen atoms in total. The number of esters is 1. The van der Waals surface area contributed by atoms with Crippen molar-refractivity contribution in [1.82, 2.24) is 15.6 Å². The Morgan fingerprint density at radius 3 is 2.44 bits per heavy atom. The molecule has 0 saturated heterocycles. The summed E-state index contributed by atoms with van der Waals surface area (Å²) in [5, 5.41) is 6.79. The van der Waals surface area contributed by atoms with Crippen LogP contribution in [-0.4, -0.2) is 47.4 Å². The number of aromatic nitrogens is 1. The first-order valence-electron chi connectivity index (χ1n) is 14.3. The minimum atomic E-state index is -0.961. The van der Waals surface area contributed by atoms with Gasteiger partial charge in [-0.1, -0.05) is 67.8 Å². The number of ether oxygens (including phenoxy) is 1. The van der Waals surface area contributed by atoms with Crippen molar-refractivity contribution in [2.75, 3.05) is 6.54 Å². The summed E-state index contributed by atoms with van der Waals surface area (Å²) >= 11 is 0. The van der Waals surface area contributed by atoms with Crippen molar-refractivity contribution in [3.63, 3.8) is 0 Å². The van der Waals surface area contributed by atoms with Crippen molar-refractivity contribution < 1.29 is 19.1 Å². The quantitative estimate of drug-likeness (QED) is 0.0933. The number of rotatable bonds is 13. The Morgan fingerprint density at radius 1 is 0.951 bits per heavy atom. The van der Waals surface area contributed by atoms with Crippen LogP contribution in [-0.2, 0) is 32.1 Å². The lowest BCUT2D eigenvalue weighted by Crippen LogP contribution is -2.53. The fraction of sp³-hybridized carbons (Fsp3) is 0.419. The summed E-state index contributed by atoms with van der Waals surface area (Å²) in [5.74, 6) is -1.27. The van der Waals surface area contributed by atoms with E-state index in [1.807, 2.05) is 60.8 Å². The molecule has 1 aliphatic carbocycles.